The largest absolute Gasteiger partial charge is 0.474 e. The van der Waals surface area contributed by atoms with E-state index in [4.69, 9.17) is 20.2 Å². The molecule has 0 radical (unpaired) electrons. The summed E-state index contributed by atoms with van der Waals surface area (Å²) in [4.78, 5) is 26.2. The molecule has 3 N–H and O–H groups in total. The van der Waals surface area contributed by atoms with Gasteiger partial charge in [0.1, 0.15) is 23.8 Å². The van der Waals surface area contributed by atoms with Crippen molar-refractivity contribution in [3.8, 4) is 5.88 Å². The van der Waals surface area contributed by atoms with Crippen molar-refractivity contribution in [2.24, 2.45) is 5.73 Å². The van der Waals surface area contributed by atoms with E-state index in [0.717, 1.165) is 41.3 Å². The second-order valence-electron chi connectivity index (χ2n) is 9.51. The molecule has 172 valence electrons. The molecule has 3 aromatic rings. The lowest BCUT2D eigenvalue weighted by molar-refractivity contribution is 0.0215. The lowest BCUT2D eigenvalue weighted by Gasteiger charge is -2.29. The van der Waals surface area contributed by atoms with Crippen molar-refractivity contribution in [3.05, 3.63) is 47.4 Å². The smallest absolute Gasteiger partial charge is 0.340 e. The molecule has 0 unspecified atom stereocenters. The fraction of sp³-hybridized carbons (Fsp3) is 0.440. The van der Waals surface area contributed by atoms with Gasteiger partial charge in [0.2, 0.25) is 5.88 Å². The highest BCUT2D eigenvalue weighted by atomic mass is 16.5. The number of carbonyl (C=O) groups is 1. The van der Waals surface area contributed by atoms with Gasteiger partial charge < -0.3 is 20.5 Å². The van der Waals surface area contributed by atoms with Gasteiger partial charge in [-0.2, -0.15) is 0 Å². The predicted octanol–water partition coefficient (Wildman–Crippen LogP) is 4.56. The summed E-state index contributed by atoms with van der Waals surface area (Å²) >= 11 is 0. The molecule has 0 amide bonds. The monoisotopic (exact) mass is 447 g/mol. The van der Waals surface area contributed by atoms with Crippen molar-refractivity contribution in [1.82, 2.24) is 15.0 Å². The van der Waals surface area contributed by atoms with Crippen LogP contribution in [0.4, 0.5) is 11.6 Å². The van der Waals surface area contributed by atoms with Crippen molar-refractivity contribution in [1.29, 1.82) is 0 Å². The van der Waals surface area contributed by atoms with Crippen LogP contribution in [0.25, 0.3) is 10.8 Å². The molecule has 8 heteroatoms. The van der Waals surface area contributed by atoms with Gasteiger partial charge in [0.15, 0.2) is 0 Å². The summed E-state index contributed by atoms with van der Waals surface area (Å²) in [6.07, 6.45) is 6.52. The number of pyridine rings is 3. The van der Waals surface area contributed by atoms with E-state index in [1.165, 1.54) is 0 Å². The molecule has 1 aliphatic carbocycles. The third kappa shape index (κ3) is 4.11. The lowest BCUT2D eigenvalue weighted by Crippen LogP contribution is -2.30. The molecule has 2 aliphatic rings. The summed E-state index contributed by atoms with van der Waals surface area (Å²) < 4.78 is 11.5. The van der Waals surface area contributed by atoms with Gasteiger partial charge in [-0.1, -0.05) is 6.92 Å². The highest BCUT2D eigenvalue weighted by molar-refractivity contribution is 5.93. The SMILES string of the molecule is CC[C@@H]1c2nc(Nc3cc4c(C(C)(C)N)cnc(OC5CC5)c4cn3)ccc2C(=O)O[C@@H]1C. The maximum absolute atomic E-state index is 12.3. The Hall–Kier alpha value is -3.26. The molecule has 0 saturated heterocycles. The number of hydrogen-bond acceptors (Lipinski definition) is 8. The van der Waals surface area contributed by atoms with Crippen LogP contribution in [-0.4, -0.2) is 33.1 Å². The average Bonchev–Trinajstić information content (AvgIpc) is 3.57. The summed E-state index contributed by atoms with van der Waals surface area (Å²) in [6.45, 7) is 7.89. The molecule has 3 aromatic heterocycles. The number of cyclic esters (lactones) is 1. The van der Waals surface area contributed by atoms with E-state index in [1.54, 1.807) is 24.5 Å². The minimum atomic E-state index is -0.586. The van der Waals surface area contributed by atoms with Gasteiger partial charge in [0, 0.05) is 23.9 Å². The number of fused-ring (bicyclic) bond motifs is 2. The van der Waals surface area contributed by atoms with E-state index >= 15 is 0 Å². The number of ether oxygens (including phenoxy) is 2. The quantitative estimate of drug-likeness (QED) is 0.529. The Morgan fingerprint density at radius 1 is 1.18 bits per heavy atom. The molecule has 1 saturated carbocycles. The number of aromatic nitrogens is 3. The molecule has 0 spiro atoms. The molecule has 4 heterocycles. The summed E-state index contributed by atoms with van der Waals surface area (Å²) in [7, 11) is 0. The number of nitrogens with one attached hydrogen (secondary N) is 1. The van der Waals surface area contributed by atoms with Gasteiger partial charge in [0.25, 0.3) is 0 Å². The van der Waals surface area contributed by atoms with Crippen LogP contribution < -0.4 is 15.8 Å². The fourth-order valence-electron chi connectivity index (χ4n) is 4.32. The number of nitrogens with zero attached hydrogens (tertiary/aromatic N) is 3. The van der Waals surface area contributed by atoms with Crippen LogP contribution in [0.5, 0.6) is 5.88 Å². The van der Waals surface area contributed by atoms with E-state index < -0.39 is 5.54 Å². The van der Waals surface area contributed by atoms with E-state index in [0.29, 0.717) is 23.1 Å². The molecule has 2 atom stereocenters. The van der Waals surface area contributed by atoms with Gasteiger partial charge in [-0.05, 0) is 69.2 Å². The van der Waals surface area contributed by atoms with Gasteiger partial charge in [-0.15, -0.1) is 0 Å². The summed E-state index contributed by atoms with van der Waals surface area (Å²) in [5, 5.41) is 5.07. The van der Waals surface area contributed by atoms with Crippen LogP contribution in [0.15, 0.2) is 30.6 Å². The van der Waals surface area contributed by atoms with Crippen molar-refractivity contribution in [2.45, 2.75) is 70.6 Å². The highest BCUT2D eigenvalue weighted by Crippen LogP contribution is 2.36. The Bertz CT molecular complexity index is 1230. The molecule has 33 heavy (non-hydrogen) atoms. The number of esters is 1. The van der Waals surface area contributed by atoms with Crippen molar-refractivity contribution in [2.75, 3.05) is 5.32 Å². The predicted molar refractivity (Wildman–Crippen MR) is 126 cm³/mol. The van der Waals surface area contributed by atoms with E-state index in [2.05, 4.69) is 22.2 Å². The number of anilines is 2. The minimum absolute atomic E-state index is 0.0573. The standard InChI is InChI=1S/C25H29N5O3/c1-5-15-13(2)32-24(31)16-8-9-20(30-22(15)16)29-21-10-17-18(11-27-21)23(33-14-6-7-14)28-12-19(17)25(3,4)26/h8-15H,5-7,26H2,1-4H3,(H,27,29,30)/t13-,15+/m1/s1. The third-order valence-corrected chi connectivity index (χ3v) is 6.28. The normalized spacial score (nSPS) is 20.3. The van der Waals surface area contributed by atoms with Crippen LogP contribution in [0.1, 0.15) is 74.5 Å². The van der Waals surface area contributed by atoms with Crippen LogP contribution >= 0.6 is 0 Å². The molecular weight excluding hydrogens is 418 g/mol. The van der Waals surface area contributed by atoms with E-state index in [-0.39, 0.29) is 24.1 Å². The Morgan fingerprint density at radius 2 is 1.97 bits per heavy atom. The summed E-state index contributed by atoms with van der Waals surface area (Å²) in [5.41, 5.74) is 8.06. The fourth-order valence-corrected chi connectivity index (χ4v) is 4.32. The van der Waals surface area contributed by atoms with Gasteiger partial charge >= 0.3 is 5.97 Å². The Labute approximate surface area is 192 Å². The Balaban J connectivity index is 1.53. The van der Waals surface area contributed by atoms with Crippen molar-refractivity contribution >= 4 is 28.4 Å². The van der Waals surface area contributed by atoms with Gasteiger partial charge in [-0.25, -0.2) is 19.7 Å². The van der Waals surface area contributed by atoms with E-state index in [9.17, 15) is 4.79 Å². The zero-order valence-corrected chi connectivity index (χ0v) is 19.4. The zero-order chi connectivity index (χ0) is 23.3. The average molecular weight is 448 g/mol. The van der Waals surface area contributed by atoms with Crippen LogP contribution in [0.3, 0.4) is 0 Å². The maximum atomic E-state index is 12.3. The molecule has 0 bridgehead atoms. The zero-order valence-electron chi connectivity index (χ0n) is 19.4. The second-order valence-corrected chi connectivity index (χ2v) is 9.51. The first kappa shape index (κ1) is 21.6. The third-order valence-electron chi connectivity index (χ3n) is 6.28. The number of nitrogens with two attached hydrogens (primary N) is 1. The minimum Gasteiger partial charge on any atom is -0.474 e. The topological polar surface area (TPSA) is 112 Å². The lowest BCUT2D eigenvalue weighted by atomic mass is 9.90. The first-order valence-electron chi connectivity index (χ1n) is 11.5. The van der Waals surface area contributed by atoms with Gasteiger partial charge in [0.05, 0.1) is 16.6 Å². The number of carbonyl (C=O) groups excluding carboxylic acids is 1. The second kappa shape index (κ2) is 7.95. The molecule has 1 aliphatic heterocycles. The Kier molecular flexibility index (Phi) is 5.20. The summed E-state index contributed by atoms with van der Waals surface area (Å²) in [6, 6.07) is 5.50. The number of hydrogen-bond donors (Lipinski definition) is 2. The first-order valence-corrected chi connectivity index (χ1v) is 11.5. The molecule has 0 aromatic carbocycles. The highest BCUT2D eigenvalue weighted by Gasteiger charge is 2.33. The molecule has 8 nitrogen and oxygen atoms in total. The van der Waals surface area contributed by atoms with Crippen LogP contribution in [-0.2, 0) is 10.3 Å². The van der Waals surface area contributed by atoms with Crippen LogP contribution in [0, 0.1) is 0 Å². The maximum Gasteiger partial charge on any atom is 0.340 e. The molecular formula is C25H29N5O3. The van der Waals surface area contributed by atoms with Crippen molar-refractivity contribution < 1.29 is 14.3 Å². The van der Waals surface area contributed by atoms with Crippen molar-refractivity contribution in [3.63, 3.8) is 0 Å². The number of rotatable bonds is 6. The van der Waals surface area contributed by atoms with E-state index in [1.807, 2.05) is 26.8 Å². The van der Waals surface area contributed by atoms with Crippen LogP contribution in [0.2, 0.25) is 0 Å². The summed E-state index contributed by atoms with van der Waals surface area (Å²) in [5.74, 6) is 1.57. The van der Waals surface area contributed by atoms with Gasteiger partial charge in [-0.3, -0.25) is 0 Å². The molecule has 1 fully saturated rings. The first-order chi connectivity index (χ1) is 15.7. The molecule has 5 rings (SSSR count). The Morgan fingerprint density at radius 3 is 2.67 bits per heavy atom.